The molecule has 0 aromatic heterocycles. The Kier molecular flexibility index (Phi) is 7.94. The van der Waals surface area contributed by atoms with Gasteiger partial charge in [-0.25, -0.2) is 0 Å². The minimum absolute atomic E-state index is 0.00215. The van der Waals surface area contributed by atoms with Gasteiger partial charge in [-0.05, 0) is 33.8 Å². The van der Waals surface area contributed by atoms with Crippen molar-refractivity contribution < 1.29 is 58.1 Å². The first kappa shape index (κ1) is 32.1. The van der Waals surface area contributed by atoms with Crippen molar-refractivity contribution in [2.24, 2.45) is 0 Å². The first-order valence-electron chi connectivity index (χ1n) is 15.9. The predicted molar refractivity (Wildman–Crippen MR) is 161 cm³/mol. The van der Waals surface area contributed by atoms with Gasteiger partial charge in [0.25, 0.3) is 0 Å². The summed E-state index contributed by atoms with van der Waals surface area (Å²) in [5.74, 6) is -3.01. The molecule has 47 heavy (non-hydrogen) atoms. The molecule has 2 aromatic rings. The summed E-state index contributed by atoms with van der Waals surface area (Å²) < 4.78 is 36.3. The monoisotopic (exact) mass is 653 g/mol. The summed E-state index contributed by atoms with van der Waals surface area (Å²) in [5.41, 5.74) is -2.84. The van der Waals surface area contributed by atoms with Crippen molar-refractivity contribution in [1.29, 1.82) is 0 Å². The smallest absolute Gasteiger partial charge is 0.202 e. The molecule has 3 fully saturated rings. The van der Waals surface area contributed by atoms with Gasteiger partial charge in [-0.2, -0.15) is 0 Å². The Hall–Kier alpha value is -3.43. The fraction of sp³-hybridized carbons (Fsp3) is 0.559. The van der Waals surface area contributed by atoms with Crippen LogP contribution in [0.1, 0.15) is 89.6 Å². The minimum atomic E-state index is -1.99. The van der Waals surface area contributed by atoms with Crippen molar-refractivity contribution in [3.8, 4) is 17.2 Å². The molecule has 3 saturated heterocycles. The van der Waals surface area contributed by atoms with Crippen LogP contribution in [0, 0.1) is 0 Å². The summed E-state index contributed by atoms with van der Waals surface area (Å²) in [6.07, 6.45) is -4.27. The first-order chi connectivity index (χ1) is 22.3. The maximum absolute atomic E-state index is 13.9. The van der Waals surface area contributed by atoms with E-state index < -0.39 is 77.4 Å². The van der Waals surface area contributed by atoms with Crippen LogP contribution in [0.15, 0.2) is 18.2 Å². The molecule has 252 valence electrons. The molecule has 3 N–H and O–H groups in total. The maximum Gasteiger partial charge on any atom is 0.202 e. The Morgan fingerprint density at radius 3 is 2.53 bits per heavy atom. The van der Waals surface area contributed by atoms with Crippen LogP contribution < -0.4 is 4.74 Å². The summed E-state index contributed by atoms with van der Waals surface area (Å²) in [4.78, 5) is 42.6. The highest BCUT2D eigenvalue weighted by Gasteiger charge is 2.55. The SMILES string of the molecule is COc1cccc2c1C(=O)c1c(O)c3c(c(O)c1C2=O)C[C@@](O)(C(C)=O)C[C@@H]3O[C@H]1C[C@H]2[C@H](O[C@@H]3[C@@H](OC(C)C)OCCN32)[C@H](C)O1. The van der Waals surface area contributed by atoms with E-state index in [1.165, 1.54) is 26.2 Å². The van der Waals surface area contributed by atoms with E-state index in [0.29, 0.717) is 19.6 Å². The number of phenols is 2. The van der Waals surface area contributed by atoms with Gasteiger partial charge in [-0.15, -0.1) is 0 Å². The Morgan fingerprint density at radius 2 is 1.83 bits per heavy atom. The molecule has 13 heteroatoms. The lowest BCUT2D eigenvalue weighted by molar-refractivity contribution is -0.269. The second-order valence-electron chi connectivity index (χ2n) is 13.2. The molecule has 0 bridgehead atoms. The lowest BCUT2D eigenvalue weighted by atomic mass is 9.72. The summed E-state index contributed by atoms with van der Waals surface area (Å²) in [6.45, 7) is 7.98. The fourth-order valence-electron chi connectivity index (χ4n) is 7.79. The third kappa shape index (κ3) is 4.98. The molecule has 0 radical (unpaired) electrons. The van der Waals surface area contributed by atoms with E-state index in [1.54, 1.807) is 6.07 Å². The normalized spacial score (nSPS) is 33.1. The number of ketones is 3. The number of Topliss-reactive ketones (excluding diaryl/α,β-unsaturated/α-hetero) is 1. The molecule has 7 rings (SSSR count). The van der Waals surface area contributed by atoms with Gasteiger partial charge in [0.05, 0.1) is 48.7 Å². The summed E-state index contributed by atoms with van der Waals surface area (Å²) >= 11 is 0. The van der Waals surface area contributed by atoms with Gasteiger partial charge in [-0.1, -0.05) is 12.1 Å². The van der Waals surface area contributed by atoms with Crippen molar-refractivity contribution >= 4 is 17.3 Å². The van der Waals surface area contributed by atoms with Crippen LogP contribution in [0.2, 0.25) is 0 Å². The molecule has 2 aromatic carbocycles. The minimum Gasteiger partial charge on any atom is -0.507 e. The standard InChI is InChI=1S/C34H39NO12/c1-14(2)44-33-32-35(9-10-43-33)19-11-22(45-15(3)31(19)47-32)46-21-13-34(41,16(4)36)12-18-24(21)30(40)26-25(28(18)38)27(37)17-7-6-8-20(42-5)23(17)29(26)39/h6-8,14-15,19,21-22,31-33,38,40-41H,9-13H2,1-5H3/t15-,19-,21-,22-,31+,32+,33+,34-/m0/s1. The maximum atomic E-state index is 13.9. The molecule has 5 aliphatic rings. The number of morpholine rings is 1. The number of benzene rings is 2. The van der Waals surface area contributed by atoms with Gasteiger partial charge in [0, 0.05) is 48.5 Å². The number of methoxy groups -OCH3 is 1. The van der Waals surface area contributed by atoms with Gasteiger partial charge >= 0.3 is 0 Å². The van der Waals surface area contributed by atoms with E-state index in [0.717, 1.165) is 0 Å². The third-order valence-corrected chi connectivity index (χ3v) is 10.0. The Balaban J connectivity index is 1.26. The summed E-state index contributed by atoms with van der Waals surface area (Å²) in [5, 5.41) is 34.9. The van der Waals surface area contributed by atoms with Crippen molar-refractivity contribution in [1.82, 2.24) is 4.90 Å². The molecule has 13 nitrogen and oxygen atoms in total. The summed E-state index contributed by atoms with van der Waals surface area (Å²) in [6, 6.07) is 4.37. The van der Waals surface area contributed by atoms with E-state index in [4.69, 9.17) is 28.4 Å². The number of hydrogen-bond acceptors (Lipinski definition) is 13. The lowest BCUT2D eigenvalue weighted by Crippen LogP contribution is -2.55. The van der Waals surface area contributed by atoms with E-state index in [-0.39, 0.29) is 58.2 Å². The zero-order valence-corrected chi connectivity index (χ0v) is 26.8. The number of carbonyl (C=O) groups excluding carboxylic acids is 3. The van der Waals surface area contributed by atoms with E-state index >= 15 is 0 Å². The molecule has 8 atom stereocenters. The number of aliphatic hydroxyl groups is 1. The van der Waals surface area contributed by atoms with Crippen LogP contribution >= 0.6 is 0 Å². The van der Waals surface area contributed by atoms with Crippen molar-refractivity contribution in [3.63, 3.8) is 0 Å². The molecule has 0 spiro atoms. The van der Waals surface area contributed by atoms with E-state index in [2.05, 4.69) is 4.90 Å². The van der Waals surface area contributed by atoms with E-state index in [1.807, 2.05) is 20.8 Å². The zero-order valence-electron chi connectivity index (χ0n) is 26.8. The highest BCUT2D eigenvalue weighted by atomic mass is 16.7. The molecular weight excluding hydrogens is 614 g/mol. The number of ether oxygens (including phenoxy) is 6. The average molecular weight is 654 g/mol. The van der Waals surface area contributed by atoms with Gasteiger partial charge in [-0.3, -0.25) is 19.3 Å². The van der Waals surface area contributed by atoms with E-state index in [9.17, 15) is 29.7 Å². The van der Waals surface area contributed by atoms with Gasteiger partial charge in [0.15, 0.2) is 30.4 Å². The molecule has 0 amide bonds. The largest absolute Gasteiger partial charge is 0.507 e. The first-order valence-corrected chi connectivity index (χ1v) is 15.9. The Morgan fingerprint density at radius 1 is 1.09 bits per heavy atom. The molecule has 0 unspecified atom stereocenters. The number of fused-ring (bicyclic) bond motifs is 6. The molecular formula is C34H39NO12. The number of nitrogens with zero attached hydrogens (tertiary/aromatic N) is 1. The molecule has 0 saturated carbocycles. The third-order valence-electron chi connectivity index (χ3n) is 10.0. The summed E-state index contributed by atoms with van der Waals surface area (Å²) in [7, 11) is 1.36. The van der Waals surface area contributed by atoms with Crippen LogP contribution in [-0.4, -0.2) is 107 Å². The van der Waals surface area contributed by atoms with Crippen LogP contribution in [0.5, 0.6) is 17.2 Å². The number of carbonyl (C=O) groups is 3. The van der Waals surface area contributed by atoms with Crippen LogP contribution in [0.25, 0.3) is 0 Å². The highest BCUT2D eigenvalue weighted by Crippen LogP contribution is 2.53. The topological polar surface area (TPSA) is 171 Å². The van der Waals surface area contributed by atoms with Crippen molar-refractivity contribution in [2.75, 3.05) is 20.3 Å². The lowest BCUT2D eigenvalue weighted by Gasteiger charge is -2.43. The van der Waals surface area contributed by atoms with Gasteiger partial charge in [0.2, 0.25) is 5.78 Å². The second kappa shape index (κ2) is 11.6. The fourth-order valence-corrected chi connectivity index (χ4v) is 7.79. The second-order valence-corrected chi connectivity index (χ2v) is 13.2. The number of hydrogen-bond donors (Lipinski definition) is 3. The van der Waals surface area contributed by atoms with Crippen LogP contribution in [0.4, 0.5) is 0 Å². The van der Waals surface area contributed by atoms with Crippen molar-refractivity contribution in [2.45, 2.75) is 102 Å². The highest BCUT2D eigenvalue weighted by molar-refractivity contribution is 6.31. The molecule has 3 heterocycles. The number of aromatic hydroxyl groups is 2. The molecule has 3 aliphatic heterocycles. The predicted octanol–water partition coefficient (Wildman–Crippen LogP) is 2.52. The van der Waals surface area contributed by atoms with Gasteiger partial charge < -0.3 is 43.7 Å². The number of rotatable bonds is 6. The number of phenolic OH excluding ortho intramolecular Hbond substituents is 2. The quantitative estimate of drug-likeness (QED) is 0.332. The zero-order chi connectivity index (χ0) is 33.5. The Labute approximate surface area is 271 Å². The van der Waals surface area contributed by atoms with Crippen LogP contribution in [0.3, 0.4) is 0 Å². The van der Waals surface area contributed by atoms with Crippen LogP contribution in [-0.2, 0) is 34.9 Å². The Bertz CT molecular complexity index is 1660. The molecule has 2 aliphatic carbocycles. The van der Waals surface area contributed by atoms with Gasteiger partial charge in [0.1, 0.15) is 29.0 Å². The average Bonchev–Trinajstić information content (AvgIpc) is 3.41. The van der Waals surface area contributed by atoms with Crippen molar-refractivity contribution in [3.05, 3.63) is 51.6 Å².